The Kier molecular flexibility index (Phi) is 6.69. The van der Waals surface area contributed by atoms with Gasteiger partial charge < -0.3 is 10.1 Å². The Hall–Kier alpha value is -2.09. The highest BCUT2D eigenvalue weighted by atomic mass is 16.5. The number of anilines is 1. The average molecular weight is 397 g/mol. The lowest BCUT2D eigenvalue weighted by Crippen LogP contribution is -2.39. The van der Waals surface area contributed by atoms with Gasteiger partial charge in [0.2, 0.25) is 0 Å². The van der Waals surface area contributed by atoms with Crippen LogP contribution in [-0.4, -0.2) is 70.7 Å². The zero-order valence-corrected chi connectivity index (χ0v) is 17.6. The van der Waals surface area contributed by atoms with Crippen molar-refractivity contribution in [3.05, 3.63) is 47.2 Å². The van der Waals surface area contributed by atoms with Crippen molar-refractivity contribution in [2.24, 2.45) is 0 Å². The number of likely N-dealkylation sites (tertiary alicyclic amines) is 1. The molecule has 7 nitrogen and oxygen atoms in total. The van der Waals surface area contributed by atoms with E-state index in [1.807, 2.05) is 19.2 Å². The first-order valence-electron chi connectivity index (χ1n) is 10.7. The summed E-state index contributed by atoms with van der Waals surface area (Å²) in [4.78, 5) is 18.9. The molecule has 2 saturated heterocycles. The monoisotopic (exact) mass is 396 g/mol. The lowest BCUT2D eigenvalue weighted by atomic mass is 10.1. The van der Waals surface area contributed by atoms with Crippen LogP contribution in [0.1, 0.15) is 41.7 Å². The second kappa shape index (κ2) is 9.61. The SMILES string of the molecule is Cc1nc(CN2CCC[C@H]2c2ncccc2C)cc(NCCN2CCOCC2)n1. The summed E-state index contributed by atoms with van der Waals surface area (Å²) < 4.78 is 5.42. The van der Waals surface area contributed by atoms with Gasteiger partial charge in [0, 0.05) is 45.0 Å². The molecule has 2 aromatic heterocycles. The number of rotatable bonds is 7. The molecule has 0 saturated carbocycles. The van der Waals surface area contributed by atoms with E-state index in [1.54, 1.807) is 0 Å². The molecular formula is C22H32N6O. The van der Waals surface area contributed by atoms with Crippen LogP contribution in [0.2, 0.25) is 0 Å². The van der Waals surface area contributed by atoms with Crippen LogP contribution in [0.3, 0.4) is 0 Å². The van der Waals surface area contributed by atoms with Crippen LogP contribution in [0.5, 0.6) is 0 Å². The molecule has 2 aromatic rings. The molecule has 2 aliphatic heterocycles. The van der Waals surface area contributed by atoms with E-state index in [9.17, 15) is 0 Å². The third-order valence-electron chi connectivity index (χ3n) is 5.82. The quantitative estimate of drug-likeness (QED) is 0.771. The van der Waals surface area contributed by atoms with Gasteiger partial charge in [0.25, 0.3) is 0 Å². The fraction of sp³-hybridized carbons (Fsp3) is 0.591. The largest absolute Gasteiger partial charge is 0.379 e. The van der Waals surface area contributed by atoms with Gasteiger partial charge in [-0.05, 0) is 44.9 Å². The van der Waals surface area contributed by atoms with Gasteiger partial charge in [0.1, 0.15) is 11.6 Å². The molecule has 29 heavy (non-hydrogen) atoms. The maximum Gasteiger partial charge on any atom is 0.130 e. The van der Waals surface area contributed by atoms with Gasteiger partial charge in [-0.3, -0.25) is 14.8 Å². The van der Waals surface area contributed by atoms with Crippen LogP contribution in [0.25, 0.3) is 0 Å². The standard InChI is InChI=1S/C22H32N6O/c1-17-5-3-7-24-22(17)20-6-4-9-28(20)16-19-15-21(26-18(2)25-19)23-8-10-27-11-13-29-14-12-27/h3,5,7,15,20H,4,6,8-14,16H2,1-2H3,(H,23,25,26)/t20-/m0/s1. The van der Waals surface area contributed by atoms with E-state index in [2.05, 4.69) is 44.1 Å². The lowest BCUT2D eigenvalue weighted by molar-refractivity contribution is 0.0398. The minimum atomic E-state index is 0.379. The Morgan fingerprint density at radius 3 is 2.86 bits per heavy atom. The summed E-state index contributed by atoms with van der Waals surface area (Å²) in [7, 11) is 0. The Morgan fingerprint density at radius 2 is 2.03 bits per heavy atom. The molecule has 0 amide bonds. The van der Waals surface area contributed by atoms with Gasteiger partial charge in [-0.2, -0.15) is 0 Å². The number of morpholine rings is 1. The number of ether oxygens (including phenoxy) is 1. The first-order valence-corrected chi connectivity index (χ1v) is 10.7. The molecule has 0 aliphatic carbocycles. The summed E-state index contributed by atoms with van der Waals surface area (Å²) in [5.74, 6) is 1.74. The van der Waals surface area contributed by atoms with E-state index in [1.165, 1.54) is 17.7 Å². The van der Waals surface area contributed by atoms with Crippen LogP contribution in [-0.2, 0) is 11.3 Å². The highest BCUT2D eigenvalue weighted by Crippen LogP contribution is 2.33. The van der Waals surface area contributed by atoms with E-state index in [0.717, 1.165) is 76.2 Å². The molecule has 0 aromatic carbocycles. The Morgan fingerprint density at radius 1 is 1.17 bits per heavy atom. The Labute approximate surface area is 173 Å². The molecular weight excluding hydrogens is 364 g/mol. The highest BCUT2D eigenvalue weighted by Gasteiger charge is 2.28. The van der Waals surface area contributed by atoms with Crippen LogP contribution < -0.4 is 5.32 Å². The Balaban J connectivity index is 1.38. The third kappa shape index (κ3) is 5.29. The Bertz CT molecular complexity index is 808. The fourth-order valence-electron chi connectivity index (χ4n) is 4.35. The van der Waals surface area contributed by atoms with E-state index >= 15 is 0 Å². The number of hydrogen-bond donors (Lipinski definition) is 1. The average Bonchev–Trinajstić information content (AvgIpc) is 3.16. The number of hydrogen-bond acceptors (Lipinski definition) is 7. The molecule has 2 fully saturated rings. The lowest BCUT2D eigenvalue weighted by Gasteiger charge is -2.26. The number of aromatic nitrogens is 3. The zero-order chi connectivity index (χ0) is 20.1. The number of aryl methyl sites for hydroxylation is 2. The van der Waals surface area contributed by atoms with Crippen molar-refractivity contribution in [2.45, 2.75) is 39.3 Å². The van der Waals surface area contributed by atoms with Crippen molar-refractivity contribution in [3.8, 4) is 0 Å². The van der Waals surface area contributed by atoms with Crippen molar-refractivity contribution in [1.82, 2.24) is 24.8 Å². The van der Waals surface area contributed by atoms with Crippen molar-refractivity contribution < 1.29 is 4.74 Å². The number of pyridine rings is 1. The predicted molar refractivity (Wildman–Crippen MR) is 114 cm³/mol. The van der Waals surface area contributed by atoms with Gasteiger partial charge in [-0.25, -0.2) is 9.97 Å². The van der Waals surface area contributed by atoms with Gasteiger partial charge >= 0.3 is 0 Å². The van der Waals surface area contributed by atoms with E-state index in [0.29, 0.717) is 6.04 Å². The van der Waals surface area contributed by atoms with Crippen molar-refractivity contribution in [1.29, 1.82) is 0 Å². The van der Waals surface area contributed by atoms with E-state index < -0.39 is 0 Å². The highest BCUT2D eigenvalue weighted by molar-refractivity contribution is 5.36. The second-order valence-corrected chi connectivity index (χ2v) is 8.01. The minimum absolute atomic E-state index is 0.379. The van der Waals surface area contributed by atoms with Crippen molar-refractivity contribution in [2.75, 3.05) is 51.3 Å². The molecule has 0 bridgehead atoms. The smallest absolute Gasteiger partial charge is 0.130 e. The van der Waals surface area contributed by atoms with Crippen molar-refractivity contribution >= 4 is 5.82 Å². The van der Waals surface area contributed by atoms with Gasteiger partial charge in [-0.1, -0.05) is 6.07 Å². The summed E-state index contributed by atoms with van der Waals surface area (Å²) in [6.45, 7) is 11.6. The third-order valence-corrected chi connectivity index (χ3v) is 5.82. The van der Waals surface area contributed by atoms with E-state index in [4.69, 9.17) is 9.72 Å². The van der Waals surface area contributed by atoms with E-state index in [-0.39, 0.29) is 0 Å². The topological polar surface area (TPSA) is 66.4 Å². The zero-order valence-electron chi connectivity index (χ0n) is 17.6. The molecule has 2 aliphatic rings. The van der Waals surface area contributed by atoms with Crippen LogP contribution >= 0.6 is 0 Å². The summed E-state index contributed by atoms with van der Waals surface area (Å²) in [6, 6.07) is 6.65. The summed E-state index contributed by atoms with van der Waals surface area (Å²) in [6.07, 6.45) is 4.27. The van der Waals surface area contributed by atoms with Crippen molar-refractivity contribution in [3.63, 3.8) is 0 Å². The van der Waals surface area contributed by atoms with Crippen LogP contribution in [0.15, 0.2) is 24.4 Å². The predicted octanol–water partition coefficient (Wildman–Crippen LogP) is 2.57. The number of nitrogens with zero attached hydrogens (tertiary/aromatic N) is 5. The summed E-state index contributed by atoms with van der Waals surface area (Å²) in [5.41, 5.74) is 3.56. The maximum absolute atomic E-state index is 5.42. The first-order chi connectivity index (χ1) is 14.2. The first kappa shape index (κ1) is 20.2. The van der Waals surface area contributed by atoms with Gasteiger partial charge in [0.05, 0.1) is 30.6 Å². The molecule has 0 spiro atoms. The van der Waals surface area contributed by atoms with Gasteiger partial charge in [0.15, 0.2) is 0 Å². The molecule has 1 N–H and O–H groups in total. The summed E-state index contributed by atoms with van der Waals surface area (Å²) in [5, 5.41) is 3.49. The van der Waals surface area contributed by atoms with Gasteiger partial charge in [-0.15, -0.1) is 0 Å². The van der Waals surface area contributed by atoms with Crippen LogP contribution in [0.4, 0.5) is 5.82 Å². The minimum Gasteiger partial charge on any atom is -0.379 e. The fourth-order valence-corrected chi connectivity index (χ4v) is 4.35. The normalized spacial score (nSPS) is 20.8. The molecule has 1 atom stereocenters. The summed E-state index contributed by atoms with van der Waals surface area (Å²) >= 11 is 0. The molecule has 4 heterocycles. The maximum atomic E-state index is 5.42. The number of nitrogens with one attached hydrogen (secondary N) is 1. The molecule has 0 unspecified atom stereocenters. The molecule has 4 rings (SSSR count). The molecule has 7 heteroatoms. The van der Waals surface area contributed by atoms with Crippen LogP contribution in [0, 0.1) is 13.8 Å². The second-order valence-electron chi connectivity index (χ2n) is 8.01. The molecule has 0 radical (unpaired) electrons. The molecule has 156 valence electrons.